The van der Waals surface area contributed by atoms with Crippen molar-refractivity contribution in [3.05, 3.63) is 103 Å². The molecule has 2 heterocycles. The number of nitrogens with zero attached hydrogens (tertiary/aromatic N) is 4. The molecule has 0 aliphatic heterocycles. The Morgan fingerprint density at radius 2 is 1.78 bits per heavy atom. The summed E-state index contributed by atoms with van der Waals surface area (Å²) in [6.45, 7) is 2.38. The number of amides is 1. The monoisotopic (exact) mass is 499 g/mol. The molecular formula is C27H22FN5O2S. The molecule has 1 atom stereocenters. The van der Waals surface area contributed by atoms with Gasteiger partial charge in [0.25, 0.3) is 0 Å². The topological polar surface area (TPSA) is 81.9 Å². The fraction of sp³-hybridized carbons (Fsp3) is 0.111. The van der Waals surface area contributed by atoms with E-state index in [0.29, 0.717) is 39.8 Å². The van der Waals surface area contributed by atoms with Crippen molar-refractivity contribution in [3.63, 3.8) is 0 Å². The number of fused-ring (bicyclic) bond motifs is 1. The molecule has 1 unspecified atom stereocenters. The van der Waals surface area contributed by atoms with Crippen LogP contribution in [0, 0.1) is 5.82 Å². The van der Waals surface area contributed by atoms with Gasteiger partial charge in [0, 0.05) is 0 Å². The molecule has 0 fully saturated rings. The summed E-state index contributed by atoms with van der Waals surface area (Å²) in [5.41, 5.74) is 2.66. The number of aromatic nitrogens is 4. The van der Waals surface area contributed by atoms with Crippen LogP contribution in [0.4, 0.5) is 10.1 Å². The Morgan fingerprint density at radius 1 is 1.03 bits per heavy atom. The molecule has 1 amide bonds. The normalized spacial score (nSPS) is 11.8. The first-order valence-corrected chi connectivity index (χ1v) is 12.2. The quantitative estimate of drug-likeness (QED) is 0.214. The first-order valence-electron chi connectivity index (χ1n) is 11.3. The fourth-order valence-corrected chi connectivity index (χ4v) is 4.81. The Kier molecular flexibility index (Phi) is 6.90. The standard InChI is InChI=1S/C27H22FN5O2S/c1-2-35-23-11-7-6-10-22(23)32-26(34)24(18-8-4-3-5-9-18)36-27-21-16-31-33(25(21)29-17-30-27)20-14-12-19(28)13-15-20/h3-17,24H,2H2,1H3,(H,32,34). The molecule has 0 bridgehead atoms. The Hall–Kier alpha value is -4.24. The van der Waals surface area contributed by atoms with E-state index in [9.17, 15) is 9.18 Å². The largest absolute Gasteiger partial charge is 0.492 e. The lowest BCUT2D eigenvalue weighted by Crippen LogP contribution is -2.19. The van der Waals surface area contributed by atoms with Gasteiger partial charge in [-0.15, -0.1) is 0 Å². The second-order valence-corrected chi connectivity index (χ2v) is 8.87. The van der Waals surface area contributed by atoms with Crippen LogP contribution in [-0.2, 0) is 4.79 Å². The van der Waals surface area contributed by atoms with Gasteiger partial charge in [-0.05, 0) is 48.9 Å². The third-order valence-electron chi connectivity index (χ3n) is 5.42. The van der Waals surface area contributed by atoms with Gasteiger partial charge in [-0.2, -0.15) is 5.10 Å². The minimum Gasteiger partial charge on any atom is -0.492 e. The van der Waals surface area contributed by atoms with E-state index in [0.717, 1.165) is 5.56 Å². The number of benzene rings is 3. The summed E-state index contributed by atoms with van der Waals surface area (Å²) < 4.78 is 20.7. The van der Waals surface area contributed by atoms with Gasteiger partial charge in [-0.25, -0.2) is 19.0 Å². The number of rotatable bonds is 8. The Labute approximate surface area is 211 Å². The van der Waals surface area contributed by atoms with Crippen LogP contribution >= 0.6 is 11.8 Å². The lowest BCUT2D eigenvalue weighted by molar-refractivity contribution is -0.115. The molecule has 5 rings (SSSR count). The minimum atomic E-state index is -0.604. The second-order valence-electron chi connectivity index (χ2n) is 7.78. The van der Waals surface area contributed by atoms with Gasteiger partial charge in [-0.1, -0.05) is 54.2 Å². The summed E-state index contributed by atoms with van der Waals surface area (Å²) in [6.07, 6.45) is 3.10. The Bertz CT molecular complexity index is 1490. The maximum Gasteiger partial charge on any atom is 0.242 e. The van der Waals surface area contributed by atoms with Crippen molar-refractivity contribution in [2.45, 2.75) is 17.2 Å². The van der Waals surface area contributed by atoms with Crippen LogP contribution in [0.15, 0.2) is 96.4 Å². The van der Waals surface area contributed by atoms with Crippen molar-refractivity contribution in [1.29, 1.82) is 0 Å². The molecule has 36 heavy (non-hydrogen) atoms. The molecule has 2 aromatic heterocycles. The van der Waals surface area contributed by atoms with E-state index in [1.807, 2.05) is 61.5 Å². The molecule has 0 saturated heterocycles. The zero-order chi connectivity index (χ0) is 24.9. The second kappa shape index (κ2) is 10.6. The van der Waals surface area contributed by atoms with Gasteiger partial charge in [0.1, 0.15) is 28.2 Å². The van der Waals surface area contributed by atoms with Crippen LogP contribution in [0.25, 0.3) is 16.7 Å². The zero-order valence-corrected chi connectivity index (χ0v) is 20.2. The molecular weight excluding hydrogens is 477 g/mol. The molecule has 0 aliphatic rings. The van der Waals surface area contributed by atoms with E-state index in [1.165, 1.54) is 30.2 Å². The number of hydrogen-bond donors (Lipinski definition) is 1. The van der Waals surface area contributed by atoms with E-state index in [-0.39, 0.29) is 11.7 Å². The Morgan fingerprint density at radius 3 is 2.56 bits per heavy atom. The molecule has 3 aromatic carbocycles. The average Bonchev–Trinajstić information content (AvgIpc) is 3.34. The molecule has 0 spiro atoms. The number of anilines is 1. The van der Waals surface area contributed by atoms with Gasteiger partial charge < -0.3 is 10.1 Å². The van der Waals surface area contributed by atoms with E-state index in [4.69, 9.17) is 4.74 Å². The fourth-order valence-electron chi connectivity index (χ4n) is 3.75. The number of carbonyl (C=O) groups excluding carboxylic acids is 1. The van der Waals surface area contributed by atoms with Gasteiger partial charge in [0.15, 0.2) is 5.65 Å². The number of carbonyl (C=O) groups is 1. The predicted molar refractivity (Wildman–Crippen MR) is 138 cm³/mol. The van der Waals surface area contributed by atoms with Crippen molar-refractivity contribution in [2.24, 2.45) is 0 Å². The number of thioether (sulfide) groups is 1. The molecule has 9 heteroatoms. The van der Waals surface area contributed by atoms with Crippen LogP contribution in [0.3, 0.4) is 0 Å². The first kappa shape index (κ1) is 23.5. The van der Waals surface area contributed by atoms with Gasteiger partial charge in [0.2, 0.25) is 5.91 Å². The van der Waals surface area contributed by atoms with E-state index < -0.39 is 5.25 Å². The highest BCUT2D eigenvalue weighted by Crippen LogP contribution is 2.39. The van der Waals surface area contributed by atoms with Crippen LogP contribution in [0.2, 0.25) is 0 Å². The molecule has 0 saturated carbocycles. The summed E-state index contributed by atoms with van der Waals surface area (Å²) in [4.78, 5) is 22.4. The molecule has 0 radical (unpaired) electrons. The number of nitrogens with one attached hydrogen (secondary N) is 1. The van der Waals surface area contributed by atoms with Gasteiger partial charge >= 0.3 is 0 Å². The summed E-state index contributed by atoms with van der Waals surface area (Å²) >= 11 is 1.31. The molecule has 5 aromatic rings. The molecule has 180 valence electrons. The van der Waals surface area contributed by atoms with Crippen molar-refractivity contribution < 1.29 is 13.9 Å². The van der Waals surface area contributed by atoms with Crippen LogP contribution < -0.4 is 10.1 Å². The van der Waals surface area contributed by atoms with Crippen molar-refractivity contribution in [2.75, 3.05) is 11.9 Å². The lowest BCUT2D eigenvalue weighted by Gasteiger charge is -2.18. The SMILES string of the molecule is CCOc1ccccc1NC(=O)C(Sc1ncnc2c1cnn2-c1ccc(F)cc1)c1ccccc1. The van der Waals surface area contributed by atoms with E-state index >= 15 is 0 Å². The van der Waals surface area contributed by atoms with Crippen LogP contribution in [0.1, 0.15) is 17.7 Å². The summed E-state index contributed by atoms with van der Waals surface area (Å²) in [5.74, 6) is 0.0647. The first-order chi connectivity index (χ1) is 17.6. The van der Waals surface area contributed by atoms with Crippen LogP contribution in [-0.4, -0.2) is 32.3 Å². The minimum absolute atomic E-state index is 0.212. The third kappa shape index (κ3) is 4.92. The van der Waals surface area contributed by atoms with Crippen molar-refractivity contribution in [3.8, 4) is 11.4 Å². The van der Waals surface area contributed by atoms with Crippen molar-refractivity contribution >= 4 is 34.4 Å². The van der Waals surface area contributed by atoms with Crippen molar-refractivity contribution in [1.82, 2.24) is 19.7 Å². The Balaban J connectivity index is 1.49. The zero-order valence-electron chi connectivity index (χ0n) is 19.3. The predicted octanol–water partition coefficient (Wildman–Crippen LogP) is 5.83. The van der Waals surface area contributed by atoms with E-state index in [2.05, 4.69) is 20.4 Å². The summed E-state index contributed by atoms with van der Waals surface area (Å²) in [7, 11) is 0. The highest BCUT2D eigenvalue weighted by atomic mass is 32.2. The highest BCUT2D eigenvalue weighted by Gasteiger charge is 2.25. The molecule has 1 N–H and O–H groups in total. The maximum absolute atomic E-state index is 13.6. The average molecular weight is 500 g/mol. The highest BCUT2D eigenvalue weighted by molar-refractivity contribution is 8.00. The van der Waals surface area contributed by atoms with Gasteiger partial charge in [0.05, 0.1) is 29.6 Å². The summed E-state index contributed by atoms with van der Waals surface area (Å²) in [5, 5.41) is 8.15. The number of halogens is 1. The van der Waals surface area contributed by atoms with E-state index in [1.54, 1.807) is 23.0 Å². The lowest BCUT2D eigenvalue weighted by atomic mass is 10.1. The van der Waals surface area contributed by atoms with Gasteiger partial charge in [-0.3, -0.25) is 4.79 Å². The van der Waals surface area contributed by atoms with Crippen LogP contribution in [0.5, 0.6) is 5.75 Å². The molecule has 0 aliphatic carbocycles. The smallest absolute Gasteiger partial charge is 0.242 e. The number of para-hydroxylation sites is 2. The summed E-state index contributed by atoms with van der Waals surface area (Å²) in [6, 6.07) is 22.9. The number of hydrogen-bond acceptors (Lipinski definition) is 6. The maximum atomic E-state index is 13.6. The molecule has 7 nitrogen and oxygen atoms in total. The number of ether oxygens (including phenoxy) is 1. The third-order valence-corrected chi connectivity index (χ3v) is 6.69.